The number of rotatable bonds is 3. The van der Waals surface area contributed by atoms with E-state index in [-0.39, 0.29) is 11.3 Å². The van der Waals surface area contributed by atoms with E-state index in [4.69, 9.17) is 11.2 Å². The summed E-state index contributed by atoms with van der Waals surface area (Å²) in [6.07, 6.45) is 10.4. The van der Waals surface area contributed by atoms with Gasteiger partial charge in [0.25, 0.3) is 0 Å². The van der Waals surface area contributed by atoms with Gasteiger partial charge in [-0.25, -0.2) is 8.42 Å². The molecule has 0 saturated heterocycles. The standard InChI is InChI=1S/C16H16O3S/c1-4-14-9-11-16(19-3,12-10-14)20(17,18)15-7-5-13(2)6-8-15/h1,5-11H,12H2,2-3H3. The van der Waals surface area contributed by atoms with Gasteiger partial charge in [0.05, 0.1) is 4.90 Å². The average Bonchev–Trinajstić information content (AvgIpc) is 2.47. The molecule has 0 fully saturated rings. The van der Waals surface area contributed by atoms with E-state index in [0.29, 0.717) is 5.57 Å². The van der Waals surface area contributed by atoms with E-state index in [1.165, 1.54) is 13.2 Å². The largest absolute Gasteiger partial charge is 0.358 e. The van der Waals surface area contributed by atoms with Crippen molar-refractivity contribution in [3.63, 3.8) is 0 Å². The van der Waals surface area contributed by atoms with Crippen molar-refractivity contribution in [2.75, 3.05) is 7.11 Å². The molecule has 1 aromatic rings. The molecule has 0 N–H and O–H groups in total. The van der Waals surface area contributed by atoms with E-state index >= 15 is 0 Å². The minimum atomic E-state index is -3.64. The minimum absolute atomic E-state index is 0.204. The van der Waals surface area contributed by atoms with Gasteiger partial charge in [0.15, 0.2) is 4.93 Å². The lowest BCUT2D eigenvalue weighted by molar-refractivity contribution is 0.103. The van der Waals surface area contributed by atoms with Gasteiger partial charge in [-0.3, -0.25) is 0 Å². The molecule has 0 radical (unpaired) electrons. The van der Waals surface area contributed by atoms with Gasteiger partial charge in [0.1, 0.15) is 0 Å². The molecular formula is C16H16O3S. The van der Waals surface area contributed by atoms with Crippen LogP contribution in [0.3, 0.4) is 0 Å². The van der Waals surface area contributed by atoms with Crippen molar-refractivity contribution in [2.24, 2.45) is 0 Å². The van der Waals surface area contributed by atoms with Crippen LogP contribution in [-0.2, 0) is 14.6 Å². The lowest BCUT2D eigenvalue weighted by atomic mass is 10.1. The zero-order chi connectivity index (χ0) is 14.8. The molecule has 0 bridgehead atoms. The van der Waals surface area contributed by atoms with Crippen molar-refractivity contribution in [2.45, 2.75) is 23.2 Å². The third kappa shape index (κ3) is 2.31. The first-order valence-electron chi connectivity index (χ1n) is 6.18. The fourth-order valence-corrected chi connectivity index (χ4v) is 3.75. The summed E-state index contributed by atoms with van der Waals surface area (Å²) in [5, 5.41) is 0. The zero-order valence-electron chi connectivity index (χ0n) is 11.5. The second-order valence-electron chi connectivity index (χ2n) is 4.67. The highest BCUT2D eigenvalue weighted by Crippen LogP contribution is 2.34. The van der Waals surface area contributed by atoms with Crippen LogP contribution in [0.1, 0.15) is 12.0 Å². The highest BCUT2D eigenvalue weighted by atomic mass is 32.2. The van der Waals surface area contributed by atoms with Gasteiger partial charge in [0.2, 0.25) is 9.84 Å². The predicted octanol–water partition coefficient (Wildman–Crippen LogP) is 2.63. The predicted molar refractivity (Wildman–Crippen MR) is 78.8 cm³/mol. The summed E-state index contributed by atoms with van der Waals surface area (Å²) in [7, 11) is -2.25. The van der Waals surface area contributed by atoms with E-state index in [9.17, 15) is 8.42 Å². The number of terminal acetylenes is 1. The summed E-state index contributed by atoms with van der Waals surface area (Å²) in [6.45, 7) is 1.91. The molecule has 104 valence electrons. The maximum Gasteiger partial charge on any atom is 0.212 e. The topological polar surface area (TPSA) is 43.4 Å². The Morgan fingerprint density at radius 3 is 2.40 bits per heavy atom. The van der Waals surface area contributed by atoms with Crippen LogP contribution in [0.4, 0.5) is 0 Å². The SMILES string of the molecule is C#CC1=CCC(OC)(S(=O)(=O)c2ccc(C)cc2)C=C1. The van der Waals surface area contributed by atoms with Crippen molar-refractivity contribution in [1.29, 1.82) is 0 Å². The van der Waals surface area contributed by atoms with Crippen molar-refractivity contribution < 1.29 is 13.2 Å². The molecule has 0 aliphatic heterocycles. The number of ether oxygens (including phenoxy) is 1. The Bertz CT molecular complexity index is 703. The fourth-order valence-electron chi connectivity index (χ4n) is 2.09. The molecule has 3 nitrogen and oxygen atoms in total. The third-order valence-electron chi connectivity index (χ3n) is 3.42. The molecule has 0 saturated carbocycles. The molecule has 1 aromatic carbocycles. The number of sulfone groups is 1. The number of benzene rings is 1. The van der Waals surface area contributed by atoms with Crippen molar-refractivity contribution in [3.05, 3.63) is 53.6 Å². The van der Waals surface area contributed by atoms with Gasteiger partial charge in [0, 0.05) is 19.1 Å². The first-order valence-corrected chi connectivity index (χ1v) is 7.66. The van der Waals surface area contributed by atoms with E-state index in [1.54, 1.807) is 36.4 Å². The van der Waals surface area contributed by atoms with E-state index < -0.39 is 14.8 Å². The van der Waals surface area contributed by atoms with Crippen LogP contribution in [0.25, 0.3) is 0 Å². The molecule has 0 amide bonds. The summed E-state index contributed by atoms with van der Waals surface area (Å²) >= 11 is 0. The van der Waals surface area contributed by atoms with Gasteiger partial charge in [-0.05, 0) is 31.2 Å². The van der Waals surface area contributed by atoms with Gasteiger partial charge in [-0.2, -0.15) is 0 Å². The first-order chi connectivity index (χ1) is 9.45. The molecule has 0 spiro atoms. The Kier molecular flexibility index (Phi) is 3.85. The summed E-state index contributed by atoms with van der Waals surface area (Å²) < 4.78 is 30.9. The summed E-state index contributed by atoms with van der Waals surface area (Å²) in [6, 6.07) is 6.73. The average molecular weight is 288 g/mol. The Hall–Kier alpha value is -1.83. The van der Waals surface area contributed by atoms with Crippen molar-refractivity contribution >= 4 is 9.84 Å². The van der Waals surface area contributed by atoms with E-state index in [2.05, 4.69) is 5.92 Å². The number of allylic oxidation sites excluding steroid dienone is 2. The Labute approximate surface area is 119 Å². The molecular weight excluding hydrogens is 272 g/mol. The third-order valence-corrected chi connectivity index (χ3v) is 5.69. The molecule has 4 heteroatoms. The van der Waals surface area contributed by atoms with Crippen LogP contribution in [0.2, 0.25) is 0 Å². The van der Waals surface area contributed by atoms with Crippen LogP contribution in [0.15, 0.2) is 53.0 Å². The number of aryl methyl sites for hydroxylation is 1. The summed E-state index contributed by atoms with van der Waals surface area (Å²) in [5.41, 5.74) is 1.67. The summed E-state index contributed by atoms with van der Waals surface area (Å²) in [4.78, 5) is -1.14. The van der Waals surface area contributed by atoms with Gasteiger partial charge < -0.3 is 4.74 Å². The zero-order valence-corrected chi connectivity index (χ0v) is 12.3. The number of hydrogen-bond acceptors (Lipinski definition) is 3. The Balaban J connectivity index is 2.48. The van der Waals surface area contributed by atoms with E-state index in [1.807, 2.05) is 6.92 Å². The smallest absolute Gasteiger partial charge is 0.212 e. The van der Waals surface area contributed by atoms with Crippen molar-refractivity contribution in [1.82, 2.24) is 0 Å². The monoisotopic (exact) mass is 288 g/mol. The van der Waals surface area contributed by atoms with Gasteiger partial charge in [-0.15, -0.1) is 6.42 Å². The molecule has 1 aliphatic rings. The molecule has 20 heavy (non-hydrogen) atoms. The Morgan fingerprint density at radius 1 is 1.30 bits per heavy atom. The van der Waals surface area contributed by atoms with Crippen LogP contribution in [0, 0.1) is 19.3 Å². The molecule has 0 aromatic heterocycles. The van der Waals surface area contributed by atoms with Gasteiger partial charge >= 0.3 is 0 Å². The fraction of sp³-hybridized carbons (Fsp3) is 0.250. The van der Waals surface area contributed by atoms with Crippen LogP contribution < -0.4 is 0 Å². The molecule has 1 aliphatic carbocycles. The summed E-state index contributed by atoms with van der Waals surface area (Å²) in [5.74, 6) is 2.49. The Morgan fingerprint density at radius 2 is 1.95 bits per heavy atom. The second kappa shape index (κ2) is 5.28. The minimum Gasteiger partial charge on any atom is -0.358 e. The quantitative estimate of drug-likeness (QED) is 0.803. The number of methoxy groups -OCH3 is 1. The molecule has 0 heterocycles. The highest BCUT2D eigenvalue weighted by Gasteiger charge is 2.43. The maximum absolute atomic E-state index is 12.8. The molecule has 1 unspecified atom stereocenters. The lowest BCUT2D eigenvalue weighted by Gasteiger charge is -2.30. The van der Waals surface area contributed by atoms with Crippen molar-refractivity contribution in [3.8, 4) is 12.3 Å². The van der Waals surface area contributed by atoms with Gasteiger partial charge in [-0.1, -0.05) is 29.7 Å². The highest BCUT2D eigenvalue weighted by molar-refractivity contribution is 7.92. The van der Waals surface area contributed by atoms with Crippen LogP contribution >= 0.6 is 0 Å². The van der Waals surface area contributed by atoms with E-state index in [0.717, 1.165) is 5.56 Å². The van der Waals surface area contributed by atoms with Crippen LogP contribution in [-0.4, -0.2) is 20.5 Å². The second-order valence-corrected chi connectivity index (χ2v) is 6.84. The van der Waals surface area contributed by atoms with Crippen LogP contribution in [0.5, 0.6) is 0 Å². The maximum atomic E-state index is 12.8. The first kappa shape index (κ1) is 14.6. The number of hydrogen-bond donors (Lipinski definition) is 0. The normalized spacial score (nSPS) is 22.1. The lowest BCUT2D eigenvalue weighted by Crippen LogP contribution is -2.39. The molecule has 2 rings (SSSR count). The molecule has 1 atom stereocenters.